The van der Waals surface area contributed by atoms with Gasteiger partial charge in [-0.25, -0.2) is 4.98 Å². The van der Waals surface area contributed by atoms with Crippen molar-refractivity contribution in [3.05, 3.63) is 59.7 Å². The number of benzene rings is 2. The van der Waals surface area contributed by atoms with E-state index in [4.69, 9.17) is 10.2 Å². The molecule has 5 nitrogen and oxygen atoms in total. The SMILES string of the molecule is N#Cc1ccc(Cn2c(N3CCCC(O)C3)nc3ccccc32)cc1. The minimum absolute atomic E-state index is 0.295. The predicted octanol–water partition coefficient (Wildman–Crippen LogP) is 2.92. The fraction of sp³-hybridized carbons (Fsp3) is 0.300. The number of nitriles is 1. The number of piperidine rings is 1. The Bertz CT molecular complexity index is 923. The highest BCUT2D eigenvalue weighted by molar-refractivity contribution is 5.79. The van der Waals surface area contributed by atoms with E-state index in [1.165, 1.54) is 0 Å². The number of nitrogens with zero attached hydrogens (tertiary/aromatic N) is 4. The minimum Gasteiger partial charge on any atom is -0.391 e. The van der Waals surface area contributed by atoms with Gasteiger partial charge in [0.15, 0.2) is 0 Å². The molecule has 0 spiro atoms. The third-order valence-electron chi connectivity index (χ3n) is 4.74. The molecule has 0 radical (unpaired) electrons. The van der Waals surface area contributed by atoms with Gasteiger partial charge >= 0.3 is 0 Å². The lowest BCUT2D eigenvalue weighted by Crippen LogP contribution is -2.39. The van der Waals surface area contributed by atoms with Gasteiger partial charge in [0.2, 0.25) is 5.95 Å². The molecule has 126 valence electrons. The van der Waals surface area contributed by atoms with Crippen molar-refractivity contribution in [1.82, 2.24) is 9.55 Å². The van der Waals surface area contributed by atoms with Crippen LogP contribution < -0.4 is 4.90 Å². The summed E-state index contributed by atoms with van der Waals surface area (Å²) in [7, 11) is 0. The van der Waals surface area contributed by atoms with Crippen LogP contribution in [-0.2, 0) is 6.54 Å². The number of anilines is 1. The van der Waals surface area contributed by atoms with Crippen LogP contribution in [0, 0.1) is 11.3 Å². The lowest BCUT2D eigenvalue weighted by Gasteiger charge is -2.31. The summed E-state index contributed by atoms with van der Waals surface area (Å²) in [6.07, 6.45) is 1.53. The van der Waals surface area contributed by atoms with Crippen LogP contribution >= 0.6 is 0 Å². The summed E-state index contributed by atoms with van der Waals surface area (Å²) in [5.41, 5.74) is 3.84. The fourth-order valence-corrected chi connectivity index (χ4v) is 3.46. The van der Waals surface area contributed by atoms with E-state index >= 15 is 0 Å². The highest BCUT2D eigenvalue weighted by Gasteiger charge is 2.23. The summed E-state index contributed by atoms with van der Waals surface area (Å²) in [6.45, 7) is 2.22. The van der Waals surface area contributed by atoms with Crippen molar-refractivity contribution >= 4 is 17.0 Å². The topological polar surface area (TPSA) is 65.1 Å². The maximum Gasteiger partial charge on any atom is 0.206 e. The van der Waals surface area contributed by atoms with Gasteiger partial charge < -0.3 is 14.6 Å². The Hall–Kier alpha value is -2.84. The normalized spacial score (nSPS) is 17.6. The second-order valence-electron chi connectivity index (χ2n) is 6.54. The van der Waals surface area contributed by atoms with Gasteiger partial charge in [-0.2, -0.15) is 5.26 Å². The largest absolute Gasteiger partial charge is 0.391 e. The lowest BCUT2D eigenvalue weighted by molar-refractivity contribution is 0.153. The van der Waals surface area contributed by atoms with Crippen molar-refractivity contribution in [1.29, 1.82) is 5.26 Å². The average Bonchev–Trinajstić information content (AvgIpc) is 3.01. The van der Waals surface area contributed by atoms with Crippen molar-refractivity contribution in [2.24, 2.45) is 0 Å². The molecule has 25 heavy (non-hydrogen) atoms. The van der Waals surface area contributed by atoms with E-state index < -0.39 is 0 Å². The van der Waals surface area contributed by atoms with E-state index in [1.54, 1.807) is 0 Å². The molecule has 0 bridgehead atoms. The van der Waals surface area contributed by atoms with E-state index in [0.29, 0.717) is 18.7 Å². The van der Waals surface area contributed by atoms with Crippen LogP contribution in [0.25, 0.3) is 11.0 Å². The zero-order valence-corrected chi connectivity index (χ0v) is 14.0. The Morgan fingerprint density at radius 1 is 1.16 bits per heavy atom. The van der Waals surface area contributed by atoms with Crippen LogP contribution in [0.3, 0.4) is 0 Å². The first-order chi connectivity index (χ1) is 12.2. The van der Waals surface area contributed by atoms with Crippen LogP contribution in [0.5, 0.6) is 0 Å². The third-order valence-corrected chi connectivity index (χ3v) is 4.74. The van der Waals surface area contributed by atoms with Gasteiger partial charge in [0, 0.05) is 13.1 Å². The number of β-amino-alcohol motifs (C(OH)–C–C–N with tert-alkyl or cyclic N) is 1. The van der Waals surface area contributed by atoms with Gasteiger partial charge in [-0.05, 0) is 42.7 Å². The number of aliphatic hydroxyl groups excluding tert-OH is 1. The zero-order valence-electron chi connectivity index (χ0n) is 14.0. The number of fused-ring (bicyclic) bond motifs is 1. The number of aromatic nitrogens is 2. The van der Waals surface area contributed by atoms with Crippen LogP contribution in [-0.4, -0.2) is 33.9 Å². The summed E-state index contributed by atoms with van der Waals surface area (Å²) in [5.74, 6) is 0.907. The Morgan fingerprint density at radius 3 is 2.72 bits per heavy atom. The number of aliphatic hydroxyl groups is 1. The van der Waals surface area contributed by atoms with E-state index in [1.807, 2.05) is 42.5 Å². The Balaban J connectivity index is 1.74. The van der Waals surface area contributed by atoms with Gasteiger partial charge in [0.25, 0.3) is 0 Å². The van der Waals surface area contributed by atoms with Crippen LogP contribution in [0.2, 0.25) is 0 Å². The standard InChI is InChI=1S/C20H20N4O/c21-12-15-7-9-16(10-8-15)13-24-19-6-2-1-5-18(19)22-20(24)23-11-3-4-17(25)14-23/h1-2,5-10,17,25H,3-4,11,13-14H2. The second kappa shape index (κ2) is 6.58. The summed E-state index contributed by atoms with van der Waals surface area (Å²) in [5, 5.41) is 19.0. The second-order valence-corrected chi connectivity index (χ2v) is 6.54. The smallest absolute Gasteiger partial charge is 0.206 e. The zero-order chi connectivity index (χ0) is 17.2. The number of hydrogen-bond acceptors (Lipinski definition) is 4. The molecule has 4 rings (SSSR count). The molecule has 1 unspecified atom stereocenters. The highest BCUT2D eigenvalue weighted by atomic mass is 16.3. The van der Waals surface area contributed by atoms with Crippen LogP contribution in [0.1, 0.15) is 24.0 Å². The maximum atomic E-state index is 10.0. The molecule has 0 amide bonds. The lowest BCUT2D eigenvalue weighted by atomic mass is 10.1. The summed E-state index contributed by atoms with van der Waals surface area (Å²) < 4.78 is 2.20. The van der Waals surface area contributed by atoms with Gasteiger partial charge in [-0.1, -0.05) is 24.3 Å². The summed E-state index contributed by atoms with van der Waals surface area (Å²) >= 11 is 0. The fourth-order valence-electron chi connectivity index (χ4n) is 3.46. The summed E-state index contributed by atoms with van der Waals surface area (Å²) in [4.78, 5) is 7.00. The molecule has 0 aliphatic carbocycles. The maximum absolute atomic E-state index is 10.0. The molecule has 3 aromatic rings. The minimum atomic E-state index is -0.295. The molecule has 1 fully saturated rings. The van der Waals surface area contributed by atoms with Crippen molar-refractivity contribution < 1.29 is 5.11 Å². The van der Waals surface area contributed by atoms with Crippen molar-refractivity contribution in [3.63, 3.8) is 0 Å². The van der Waals surface area contributed by atoms with E-state index in [0.717, 1.165) is 41.9 Å². The third kappa shape index (κ3) is 3.09. The molecule has 1 aliphatic heterocycles. The molecule has 1 atom stereocenters. The molecule has 1 aromatic heterocycles. The van der Waals surface area contributed by atoms with Crippen molar-refractivity contribution in [2.45, 2.75) is 25.5 Å². The summed E-state index contributed by atoms with van der Waals surface area (Å²) in [6, 6.07) is 17.9. The van der Waals surface area contributed by atoms with E-state index in [9.17, 15) is 5.11 Å². The monoisotopic (exact) mass is 332 g/mol. The average molecular weight is 332 g/mol. The molecule has 2 aromatic carbocycles. The molecule has 1 N–H and O–H groups in total. The Morgan fingerprint density at radius 2 is 1.96 bits per heavy atom. The first-order valence-electron chi connectivity index (χ1n) is 8.62. The Labute approximate surface area is 146 Å². The first-order valence-corrected chi connectivity index (χ1v) is 8.62. The van der Waals surface area contributed by atoms with E-state index in [2.05, 4.69) is 21.6 Å². The molecule has 2 heterocycles. The predicted molar refractivity (Wildman–Crippen MR) is 97.4 cm³/mol. The number of hydrogen-bond donors (Lipinski definition) is 1. The van der Waals surface area contributed by atoms with E-state index in [-0.39, 0.29) is 6.10 Å². The number of rotatable bonds is 3. The first kappa shape index (κ1) is 15.7. The van der Waals surface area contributed by atoms with Gasteiger partial charge in [-0.15, -0.1) is 0 Å². The molecule has 0 saturated carbocycles. The number of imidazole rings is 1. The van der Waals surface area contributed by atoms with Gasteiger partial charge in [-0.3, -0.25) is 0 Å². The Kier molecular flexibility index (Phi) is 4.12. The van der Waals surface area contributed by atoms with Crippen molar-refractivity contribution in [3.8, 4) is 6.07 Å². The molecule has 1 saturated heterocycles. The van der Waals surface area contributed by atoms with Crippen molar-refractivity contribution in [2.75, 3.05) is 18.0 Å². The molecule has 1 aliphatic rings. The molecular formula is C20H20N4O. The molecular weight excluding hydrogens is 312 g/mol. The van der Waals surface area contributed by atoms with Crippen LogP contribution in [0.15, 0.2) is 48.5 Å². The van der Waals surface area contributed by atoms with Gasteiger partial charge in [0.1, 0.15) is 0 Å². The van der Waals surface area contributed by atoms with Gasteiger partial charge in [0.05, 0.1) is 35.3 Å². The highest BCUT2D eigenvalue weighted by Crippen LogP contribution is 2.26. The van der Waals surface area contributed by atoms with Crippen LogP contribution in [0.4, 0.5) is 5.95 Å². The quantitative estimate of drug-likeness (QED) is 0.801. The number of para-hydroxylation sites is 2. The molecule has 5 heteroatoms.